The van der Waals surface area contributed by atoms with Gasteiger partial charge in [-0.25, -0.2) is 4.98 Å². The maximum atomic E-state index is 13.9. The van der Waals surface area contributed by atoms with Gasteiger partial charge in [-0.15, -0.1) is 0 Å². The van der Waals surface area contributed by atoms with Gasteiger partial charge >= 0.3 is 0 Å². The highest BCUT2D eigenvalue weighted by molar-refractivity contribution is 5.84. The van der Waals surface area contributed by atoms with E-state index >= 15 is 0 Å². The number of aromatic nitrogens is 3. The summed E-state index contributed by atoms with van der Waals surface area (Å²) in [5.41, 5.74) is 4.55. The predicted octanol–water partition coefficient (Wildman–Crippen LogP) is 4.19. The maximum absolute atomic E-state index is 13.9. The monoisotopic (exact) mass is 605 g/mol. The number of ether oxygens (including phenoxy) is 1. The van der Waals surface area contributed by atoms with Crippen LogP contribution in [-0.2, 0) is 25.0 Å². The molecular weight excluding hydrogens is 570 g/mol. The lowest BCUT2D eigenvalue weighted by Gasteiger charge is -2.28. The van der Waals surface area contributed by atoms with Crippen molar-refractivity contribution in [3.05, 3.63) is 110 Å². The number of pyridine rings is 3. The number of morpholine rings is 1. The predicted molar refractivity (Wildman–Crippen MR) is 175 cm³/mol. The van der Waals surface area contributed by atoms with Crippen molar-refractivity contribution >= 4 is 28.0 Å². The van der Waals surface area contributed by atoms with Gasteiger partial charge in [0.15, 0.2) is 0 Å². The molecule has 230 valence electrons. The van der Waals surface area contributed by atoms with Gasteiger partial charge in [0.1, 0.15) is 11.5 Å². The first-order valence-corrected chi connectivity index (χ1v) is 15.3. The van der Waals surface area contributed by atoms with Crippen LogP contribution in [0.4, 0.5) is 17.2 Å². The first kappa shape index (κ1) is 29.0. The average Bonchev–Trinajstić information content (AvgIpc) is 3.93. The van der Waals surface area contributed by atoms with E-state index in [1.54, 1.807) is 37.5 Å². The maximum Gasteiger partial charge on any atom is 0.274 e. The number of nitrogens with zero attached hydrogens (tertiary/aromatic N) is 4. The number of aliphatic hydroxyl groups is 2. The highest BCUT2D eigenvalue weighted by atomic mass is 16.5. The van der Waals surface area contributed by atoms with E-state index in [2.05, 4.69) is 15.2 Å². The first-order chi connectivity index (χ1) is 22.0. The Labute approximate surface area is 259 Å². The van der Waals surface area contributed by atoms with Crippen molar-refractivity contribution in [1.29, 1.82) is 0 Å². The van der Waals surface area contributed by atoms with Crippen LogP contribution in [0.2, 0.25) is 0 Å². The molecule has 0 unspecified atom stereocenters. The Hall–Kier alpha value is -4.77. The smallest absolute Gasteiger partial charge is 0.274 e. The number of nitrogens with one attached hydrogen (secondary N) is 1. The third kappa shape index (κ3) is 5.41. The summed E-state index contributed by atoms with van der Waals surface area (Å²) >= 11 is 0. The third-order valence-electron chi connectivity index (χ3n) is 8.85. The van der Waals surface area contributed by atoms with Crippen molar-refractivity contribution in [2.45, 2.75) is 32.0 Å². The molecule has 0 spiro atoms. The van der Waals surface area contributed by atoms with Crippen LogP contribution in [0.5, 0.6) is 0 Å². The summed E-state index contributed by atoms with van der Waals surface area (Å²) in [5, 5.41) is 25.4. The second-order valence-corrected chi connectivity index (χ2v) is 11.6. The van der Waals surface area contributed by atoms with Crippen LogP contribution in [0.15, 0.2) is 82.5 Å². The van der Waals surface area contributed by atoms with Gasteiger partial charge in [0.05, 0.1) is 55.4 Å². The minimum absolute atomic E-state index is 0.272. The van der Waals surface area contributed by atoms with E-state index < -0.39 is 0 Å². The molecule has 3 N–H and O–H groups in total. The van der Waals surface area contributed by atoms with Crippen molar-refractivity contribution in [3.63, 3.8) is 0 Å². The summed E-state index contributed by atoms with van der Waals surface area (Å²) in [5.74, 6) is 1.09. The quantitative estimate of drug-likeness (QED) is 0.241. The van der Waals surface area contributed by atoms with Crippen LogP contribution in [0.1, 0.15) is 35.6 Å². The molecular formula is C35H35N5O5. The molecule has 10 nitrogen and oxygen atoms in total. The molecule has 4 heterocycles. The number of anilines is 3. The second-order valence-electron chi connectivity index (χ2n) is 11.6. The molecule has 1 aliphatic carbocycles. The molecule has 0 amide bonds. The summed E-state index contributed by atoms with van der Waals surface area (Å²) in [6.07, 6.45) is 4.09. The van der Waals surface area contributed by atoms with Gasteiger partial charge in [0.25, 0.3) is 11.1 Å². The molecule has 1 aliphatic heterocycles. The van der Waals surface area contributed by atoms with Crippen LogP contribution in [-0.4, -0.2) is 50.6 Å². The second kappa shape index (κ2) is 12.0. The first-order valence-electron chi connectivity index (χ1n) is 15.3. The molecule has 2 aromatic carbocycles. The van der Waals surface area contributed by atoms with Crippen LogP contribution in [0.3, 0.4) is 0 Å². The summed E-state index contributed by atoms with van der Waals surface area (Å²) in [6, 6.07) is 20.4. The molecule has 2 aliphatic rings. The molecule has 0 atom stereocenters. The van der Waals surface area contributed by atoms with Crippen molar-refractivity contribution in [3.8, 4) is 16.9 Å². The number of aliphatic hydroxyl groups excluding tert-OH is 2. The summed E-state index contributed by atoms with van der Waals surface area (Å²) in [4.78, 5) is 34.1. The highest BCUT2D eigenvalue weighted by Crippen LogP contribution is 2.41. The zero-order valence-corrected chi connectivity index (χ0v) is 25.1. The lowest BCUT2D eigenvalue weighted by Crippen LogP contribution is -2.36. The van der Waals surface area contributed by atoms with Crippen LogP contribution >= 0.6 is 0 Å². The lowest BCUT2D eigenvalue weighted by atomic mass is 10.00. The fourth-order valence-corrected chi connectivity index (χ4v) is 6.24. The normalized spacial score (nSPS) is 15.0. The molecule has 0 bridgehead atoms. The minimum Gasteiger partial charge on any atom is -0.392 e. The Kier molecular flexibility index (Phi) is 7.70. The zero-order chi connectivity index (χ0) is 31.1. The summed E-state index contributed by atoms with van der Waals surface area (Å²) in [7, 11) is 1.67. The van der Waals surface area contributed by atoms with E-state index in [1.165, 1.54) is 14.7 Å². The number of hydrogen-bond acceptors (Lipinski definition) is 8. The molecule has 1 saturated heterocycles. The molecule has 45 heavy (non-hydrogen) atoms. The van der Waals surface area contributed by atoms with E-state index in [0.717, 1.165) is 37.0 Å². The molecule has 10 heteroatoms. The average molecular weight is 606 g/mol. The Morgan fingerprint density at radius 2 is 1.76 bits per heavy atom. The SMILES string of the molecule is Cn1c(-c2cccc(-n3c(CO)cc4cc(C5CC5)ccc4c3=O)c2CO)ccc(Nc2ccc(N3CCOCC3)cn2)c1=O. The van der Waals surface area contributed by atoms with Gasteiger partial charge in [-0.2, -0.15) is 0 Å². The van der Waals surface area contributed by atoms with Crippen LogP contribution in [0, 0.1) is 0 Å². The molecule has 3 aromatic heterocycles. The van der Waals surface area contributed by atoms with Gasteiger partial charge in [0, 0.05) is 36.7 Å². The standard InChI is InChI=1S/C35H35N5O5/c1-38-31(11-10-30(35(38)44)37-33-12-8-25(19-36-33)39-13-15-45-16-14-39)28-3-2-4-32(29(28)21-42)40-26(20-41)18-24-17-23(22-5-6-22)7-9-27(24)34(40)43/h2-4,7-12,17-19,22,41-42H,5-6,13-16,20-21H2,1H3,(H,36,37). The summed E-state index contributed by atoms with van der Waals surface area (Å²) in [6.45, 7) is 2.26. The topological polar surface area (TPSA) is 122 Å². The van der Waals surface area contributed by atoms with Gasteiger partial charge in [0.2, 0.25) is 0 Å². The van der Waals surface area contributed by atoms with Crippen LogP contribution in [0.25, 0.3) is 27.7 Å². The van der Waals surface area contributed by atoms with Gasteiger partial charge in [-0.05, 0) is 72.2 Å². The fraction of sp³-hybridized carbons (Fsp3) is 0.286. The molecule has 1 saturated carbocycles. The van der Waals surface area contributed by atoms with Crippen LogP contribution < -0.4 is 21.3 Å². The number of hydrogen-bond donors (Lipinski definition) is 3. The van der Waals surface area contributed by atoms with Crippen molar-refractivity contribution in [1.82, 2.24) is 14.1 Å². The van der Waals surface area contributed by atoms with Crippen molar-refractivity contribution < 1.29 is 14.9 Å². The zero-order valence-electron chi connectivity index (χ0n) is 25.1. The van der Waals surface area contributed by atoms with Gasteiger partial charge < -0.3 is 29.7 Å². The Balaban J connectivity index is 1.24. The third-order valence-corrected chi connectivity index (χ3v) is 8.85. The van der Waals surface area contributed by atoms with Crippen molar-refractivity contribution in [2.24, 2.45) is 7.05 Å². The number of fused-ring (bicyclic) bond motifs is 1. The van der Waals surface area contributed by atoms with Gasteiger partial charge in [-0.1, -0.05) is 24.3 Å². The fourth-order valence-electron chi connectivity index (χ4n) is 6.24. The number of rotatable bonds is 8. The van der Waals surface area contributed by atoms with E-state index in [1.807, 2.05) is 42.5 Å². The molecule has 7 rings (SSSR count). The minimum atomic E-state index is -0.380. The van der Waals surface area contributed by atoms with Gasteiger partial charge in [-0.3, -0.25) is 14.2 Å². The van der Waals surface area contributed by atoms with E-state index in [0.29, 0.717) is 64.2 Å². The Bertz CT molecular complexity index is 2010. The van der Waals surface area contributed by atoms with E-state index in [-0.39, 0.29) is 24.3 Å². The molecule has 0 radical (unpaired) electrons. The lowest BCUT2D eigenvalue weighted by molar-refractivity contribution is 0.122. The molecule has 2 fully saturated rings. The summed E-state index contributed by atoms with van der Waals surface area (Å²) < 4.78 is 8.40. The van der Waals surface area contributed by atoms with Crippen molar-refractivity contribution in [2.75, 3.05) is 36.5 Å². The van der Waals surface area contributed by atoms with E-state index in [4.69, 9.17) is 4.74 Å². The highest BCUT2D eigenvalue weighted by Gasteiger charge is 2.24. The largest absolute Gasteiger partial charge is 0.392 e. The Morgan fingerprint density at radius 1 is 0.933 bits per heavy atom. The number of benzene rings is 2. The molecule has 5 aromatic rings. The Morgan fingerprint density at radius 3 is 2.47 bits per heavy atom. The van der Waals surface area contributed by atoms with E-state index in [9.17, 15) is 19.8 Å².